The van der Waals surface area contributed by atoms with E-state index < -0.39 is 0 Å². The second-order valence-corrected chi connectivity index (χ2v) is 7.28. The topological polar surface area (TPSA) is 33.4 Å². The Hall–Kier alpha value is -1.88. The molecule has 0 radical (unpaired) electrons. The Bertz CT molecular complexity index is 796. The highest BCUT2D eigenvalue weighted by Crippen LogP contribution is 2.34. The summed E-state index contributed by atoms with van der Waals surface area (Å²) in [5.41, 5.74) is 3.59. The largest absolute Gasteiger partial charge is 0.347 e. The minimum Gasteiger partial charge on any atom is -0.347 e. The number of anilines is 1. The SMILES string of the molecule is CC(C)c1ccc(-c2cnc3sc(N(C)C4CC4)nn23)cc1. The molecule has 2 heterocycles. The monoisotopic (exact) mass is 312 g/mol. The van der Waals surface area contributed by atoms with Crippen LogP contribution in [0.5, 0.6) is 0 Å². The molecule has 1 aliphatic carbocycles. The second kappa shape index (κ2) is 5.09. The van der Waals surface area contributed by atoms with Crippen molar-refractivity contribution in [2.45, 2.75) is 38.6 Å². The van der Waals surface area contributed by atoms with E-state index in [9.17, 15) is 0 Å². The van der Waals surface area contributed by atoms with Crippen LogP contribution >= 0.6 is 11.3 Å². The molecule has 3 aromatic rings. The van der Waals surface area contributed by atoms with Gasteiger partial charge in [0.1, 0.15) is 0 Å². The number of hydrogen-bond acceptors (Lipinski definition) is 4. The van der Waals surface area contributed by atoms with E-state index in [0.717, 1.165) is 15.8 Å². The van der Waals surface area contributed by atoms with Crippen LogP contribution < -0.4 is 4.90 Å². The summed E-state index contributed by atoms with van der Waals surface area (Å²) in [4.78, 5) is 7.77. The number of nitrogens with zero attached hydrogens (tertiary/aromatic N) is 4. The molecule has 0 spiro atoms. The Kier molecular flexibility index (Phi) is 3.18. The summed E-state index contributed by atoms with van der Waals surface area (Å²) in [5, 5.41) is 5.83. The van der Waals surface area contributed by atoms with Gasteiger partial charge in [0.15, 0.2) is 0 Å². The van der Waals surface area contributed by atoms with Gasteiger partial charge >= 0.3 is 0 Å². The molecule has 1 aliphatic rings. The van der Waals surface area contributed by atoms with Crippen LogP contribution in [-0.4, -0.2) is 27.7 Å². The molecular weight excluding hydrogens is 292 g/mol. The van der Waals surface area contributed by atoms with Crippen molar-refractivity contribution in [3.63, 3.8) is 0 Å². The predicted octanol–water partition coefficient (Wildman–Crippen LogP) is 4.18. The van der Waals surface area contributed by atoms with Gasteiger partial charge in [0.2, 0.25) is 10.1 Å². The smallest absolute Gasteiger partial charge is 0.214 e. The molecule has 1 saturated carbocycles. The first-order chi connectivity index (χ1) is 10.6. The second-order valence-electron chi connectivity index (χ2n) is 6.34. The van der Waals surface area contributed by atoms with Crippen molar-refractivity contribution in [1.29, 1.82) is 0 Å². The van der Waals surface area contributed by atoms with Gasteiger partial charge in [-0.3, -0.25) is 0 Å². The average molecular weight is 312 g/mol. The summed E-state index contributed by atoms with van der Waals surface area (Å²) in [6.07, 6.45) is 4.48. The molecule has 4 rings (SSSR count). The molecule has 1 aromatic carbocycles. The molecule has 0 amide bonds. The van der Waals surface area contributed by atoms with Crippen molar-refractivity contribution in [3.8, 4) is 11.3 Å². The van der Waals surface area contributed by atoms with Crippen molar-refractivity contribution >= 4 is 21.4 Å². The summed E-state index contributed by atoms with van der Waals surface area (Å²) >= 11 is 1.66. The minimum atomic E-state index is 0.553. The maximum atomic E-state index is 4.77. The number of imidazole rings is 1. The average Bonchev–Trinajstić information content (AvgIpc) is 3.16. The van der Waals surface area contributed by atoms with E-state index in [1.165, 1.54) is 24.0 Å². The first-order valence-corrected chi connectivity index (χ1v) is 8.63. The maximum Gasteiger partial charge on any atom is 0.214 e. The fourth-order valence-electron chi connectivity index (χ4n) is 2.68. The summed E-state index contributed by atoms with van der Waals surface area (Å²) in [5.74, 6) is 0.553. The third-order valence-corrected chi connectivity index (χ3v) is 5.36. The molecule has 0 atom stereocenters. The standard InChI is InChI=1S/C17H20N4S/c1-11(2)12-4-6-13(7-5-12)15-10-18-16-21(15)19-17(22-16)20(3)14-8-9-14/h4-7,10-11,14H,8-9H2,1-3H3. The van der Waals surface area contributed by atoms with Gasteiger partial charge < -0.3 is 4.90 Å². The van der Waals surface area contributed by atoms with Gasteiger partial charge in [-0.1, -0.05) is 49.4 Å². The molecule has 0 aliphatic heterocycles. The van der Waals surface area contributed by atoms with Crippen LogP contribution in [0.4, 0.5) is 5.13 Å². The van der Waals surface area contributed by atoms with Crippen molar-refractivity contribution in [2.75, 3.05) is 11.9 Å². The summed E-state index contributed by atoms with van der Waals surface area (Å²) in [7, 11) is 2.13. The molecule has 0 bridgehead atoms. The Morgan fingerprint density at radius 1 is 1.23 bits per heavy atom. The van der Waals surface area contributed by atoms with Crippen LogP contribution in [0, 0.1) is 0 Å². The molecular formula is C17H20N4S. The van der Waals surface area contributed by atoms with E-state index in [4.69, 9.17) is 5.10 Å². The Labute approximate surface area is 134 Å². The Morgan fingerprint density at radius 3 is 2.59 bits per heavy atom. The number of rotatable bonds is 4. The van der Waals surface area contributed by atoms with Crippen LogP contribution in [0.15, 0.2) is 30.5 Å². The number of aromatic nitrogens is 3. The van der Waals surface area contributed by atoms with Crippen LogP contribution in [-0.2, 0) is 0 Å². The lowest BCUT2D eigenvalue weighted by Crippen LogP contribution is -2.19. The van der Waals surface area contributed by atoms with Crippen molar-refractivity contribution in [2.24, 2.45) is 0 Å². The van der Waals surface area contributed by atoms with Crippen LogP contribution in [0.3, 0.4) is 0 Å². The van der Waals surface area contributed by atoms with Crippen molar-refractivity contribution < 1.29 is 0 Å². The zero-order valence-electron chi connectivity index (χ0n) is 13.2. The van der Waals surface area contributed by atoms with Gasteiger partial charge in [0, 0.05) is 18.7 Å². The summed E-state index contributed by atoms with van der Waals surface area (Å²) in [6.45, 7) is 4.43. The van der Waals surface area contributed by atoms with Gasteiger partial charge in [0.25, 0.3) is 0 Å². The van der Waals surface area contributed by atoms with Gasteiger partial charge in [-0.2, -0.15) is 0 Å². The third kappa shape index (κ3) is 2.29. The lowest BCUT2D eigenvalue weighted by atomic mass is 10.0. The summed E-state index contributed by atoms with van der Waals surface area (Å²) < 4.78 is 1.98. The fourth-order valence-corrected chi connectivity index (χ4v) is 3.59. The highest BCUT2D eigenvalue weighted by Gasteiger charge is 2.28. The van der Waals surface area contributed by atoms with E-state index in [2.05, 4.69) is 55.0 Å². The van der Waals surface area contributed by atoms with Crippen LogP contribution in [0.1, 0.15) is 38.2 Å². The first kappa shape index (κ1) is 13.8. The van der Waals surface area contributed by atoms with Crippen LogP contribution in [0.2, 0.25) is 0 Å². The number of hydrogen-bond donors (Lipinski definition) is 0. The molecule has 0 N–H and O–H groups in total. The lowest BCUT2D eigenvalue weighted by Gasteiger charge is -2.12. The van der Waals surface area contributed by atoms with Gasteiger partial charge in [-0.15, -0.1) is 5.10 Å². The molecule has 1 fully saturated rings. The van der Waals surface area contributed by atoms with E-state index >= 15 is 0 Å². The summed E-state index contributed by atoms with van der Waals surface area (Å²) in [6, 6.07) is 9.40. The molecule has 114 valence electrons. The fraction of sp³-hybridized carbons (Fsp3) is 0.412. The molecule has 22 heavy (non-hydrogen) atoms. The van der Waals surface area contributed by atoms with Crippen LogP contribution in [0.25, 0.3) is 16.2 Å². The molecule has 0 unspecified atom stereocenters. The molecule has 2 aromatic heterocycles. The molecule has 0 saturated heterocycles. The predicted molar refractivity (Wildman–Crippen MR) is 91.8 cm³/mol. The number of fused-ring (bicyclic) bond motifs is 1. The van der Waals surface area contributed by atoms with E-state index in [0.29, 0.717) is 12.0 Å². The normalized spacial score (nSPS) is 14.9. The molecule has 4 nitrogen and oxygen atoms in total. The maximum absolute atomic E-state index is 4.77. The quantitative estimate of drug-likeness (QED) is 0.724. The lowest BCUT2D eigenvalue weighted by molar-refractivity contribution is 0.864. The van der Waals surface area contributed by atoms with Crippen molar-refractivity contribution in [3.05, 3.63) is 36.0 Å². The zero-order chi connectivity index (χ0) is 15.3. The van der Waals surface area contributed by atoms with Gasteiger partial charge in [-0.25, -0.2) is 9.50 Å². The minimum absolute atomic E-state index is 0.553. The Morgan fingerprint density at radius 2 is 1.95 bits per heavy atom. The first-order valence-electron chi connectivity index (χ1n) is 7.81. The zero-order valence-corrected chi connectivity index (χ0v) is 14.0. The van der Waals surface area contributed by atoms with Gasteiger partial charge in [-0.05, 0) is 24.3 Å². The number of benzene rings is 1. The highest BCUT2D eigenvalue weighted by molar-refractivity contribution is 7.20. The van der Waals surface area contributed by atoms with E-state index in [1.807, 2.05) is 10.7 Å². The highest BCUT2D eigenvalue weighted by atomic mass is 32.1. The molecule has 5 heteroatoms. The van der Waals surface area contributed by atoms with Gasteiger partial charge in [0.05, 0.1) is 11.9 Å². The van der Waals surface area contributed by atoms with Crippen molar-refractivity contribution in [1.82, 2.24) is 14.6 Å². The Balaban J connectivity index is 1.71. The third-order valence-electron chi connectivity index (χ3n) is 4.34. The van der Waals surface area contributed by atoms with E-state index in [-0.39, 0.29) is 0 Å². The van der Waals surface area contributed by atoms with E-state index in [1.54, 1.807) is 11.3 Å².